The Hall–Kier alpha value is -1.73. The number of rotatable bonds is 3. The number of halogens is 1. The predicted molar refractivity (Wildman–Crippen MR) is 67.6 cm³/mol. The molecule has 0 aliphatic heterocycles. The highest BCUT2D eigenvalue weighted by Crippen LogP contribution is 2.24. The van der Waals surface area contributed by atoms with Crippen molar-refractivity contribution in [3.05, 3.63) is 28.8 Å². The zero-order valence-electron chi connectivity index (χ0n) is 9.77. The number of hydrogen-bond acceptors (Lipinski definition) is 3. The zero-order valence-corrected chi connectivity index (χ0v) is 10.5. The average Bonchev–Trinajstić information content (AvgIpc) is 2.31. The molecule has 1 atom stereocenters. The fraction of sp³-hybridized carbons (Fsp3) is 0.333. The van der Waals surface area contributed by atoms with Crippen molar-refractivity contribution in [3.8, 4) is 6.07 Å². The van der Waals surface area contributed by atoms with E-state index in [1.54, 1.807) is 32.2 Å². The molecule has 1 rings (SSSR count). The van der Waals surface area contributed by atoms with Gasteiger partial charge >= 0.3 is 0 Å². The average molecular weight is 252 g/mol. The minimum atomic E-state index is -0.232. The lowest BCUT2D eigenvalue weighted by atomic mass is 10.1. The number of benzene rings is 1. The molecule has 0 aliphatic rings. The Labute approximate surface area is 106 Å². The monoisotopic (exact) mass is 251 g/mol. The molecular formula is C12H14ClN3O. The highest BCUT2D eigenvalue weighted by Gasteiger charge is 2.17. The fourth-order valence-corrected chi connectivity index (χ4v) is 1.66. The zero-order chi connectivity index (χ0) is 13.0. The van der Waals surface area contributed by atoms with Crippen LogP contribution in [0, 0.1) is 17.2 Å². The summed E-state index contributed by atoms with van der Waals surface area (Å²) < 4.78 is 0. The maximum atomic E-state index is 12.0. The van der Waals surface area contributed by atoms with Crippen LogP contribution in [-0.4, -0.2) is 24.4 Å². The van der Waals surface area contributed by atoms with Gasteiger partial charge in [0.05, 0.1) is 28.3 Å². The van der Waals surface area contributed by atoms with Gasteiger partial charge in [-0.05, 0) is 19.1 Å². The fourth-order valence-electron chi connectivity index (χ4n) is 1.46. The Kier molecular flexibility index (Phi) is 4.36. The Morgan fingerprint density at radius 2 is 2.29 bits per heavy atom. The number of carbonyl (C=O) groups is 1. The van der Waals surface area contributed by atoms with E-state index in [-0.39, 0.29) is 16.8 Å². The molecule has 2 N–H and O–H groups in total. The number of anilines is 1. The molecular weight excluding hydrogens is 238 g/mol. The van der Waals surface area contributed by atoms with Gasteiger partial charge in [-0.25, -0.2) is 0 Å². The first-order valence-corrected chi connectivity index (χ1v) is 5.54. The van der Waals surface area contributed by atoms with E-state index >= 15 is 0 Å². The molecule has 17 heavy (non-hydrogen) atoms. The minimum absolute atomic E-state index is 0.219. The van der Waals surface area contributed by atoms with Crippen molar-refractivity contribution in [2.75, 3.05) is 19.3 Å². The van der Waals surface area contributed by atoms with E-state index in [1.165, 1.54) is 4.90 Å². The molecule has 0 spiro atoms. The number of nitrogens with two attached hydrogens (primary N) is 1. The van der Waals surface area contributed by atoms with Gasteiger partial charge in [0, 0.05) is 13.6 Å². The van der Waals surface area contributed by atoms with Crippen LogP contribution in [-0.2, 0) is 0 Å². The summed E-state index contributed by atoms with van der Waals surface area (Å²) in [6.07, 6.45) is 0. The van der Waals surface area contributed by atoms with Crippen LogP contribution < -0.4 is 5.73 Å². The van der Waals surface area contributed by atoms with E-state index in [1.807, 2.05) is 0 Å². The maximum Gasteiger partial charge on any atom is 0.255 e. The molecule has 0 saturated heterocycles. The number of nitrogen functional groups attached to an aromatic ring is 1. The number of amides is 1. The van der Waals surface area contributed by atoms with Crippen LogP contribution in [0.25, 0.3) is 0 Å². The summed E-state index contributed by atoms with van der Waals surface area (Å²) in [5, 5.41) is 8.96. The quantitative estimate of drug-likeness (QED) is 0.837. The Balaban J connectivity index is 2.90. The highest BCUT2D eigenvalue weighted by atomic mass is 35.5. The van der Waals surface area contributed by atoms with Gasteiger partial charge in [0.2, 0.25) is 0 Å². The summed E-state index contributed by atoms with van der Waals surface area (Å²) in [7, 11) is 1.63. The minimum Gasteiger partial charge on any atom is -0.398 e. The van der Waals surface area contributed by atoms with Crippen LogP contribution in [0.1, 0.15) is 17.3 Å². The van der Waals surface area contributed by atoms with Gasteiger partial charge in [-0.15, -0.1) is 0 Å². The van der Waals surface area contributed by atoms with Gasteiger partial charge in [0.25, 0.3) is 5.91 Å². The molecule has 1 unspecified atom stereocenters. The molecule has 0 saturated carbocycles. The van der Waals surface area contributed by atoms with E-state index in [0.29, 0.717) is 17.8 Å². The summed E-state index contributed by atoms with van der Waals surface area (Å²) in [6, 6.07) is 7.01. The second-order valence-electron chi connectivity index (χ2n) is 3.92. The predicted octanol–water partition coefficient (Wildman–Crippen LogP) is 2.15. The summed E-state index contributed by atoms with van der Waals surface area (Å²) in [4.78, 5) is 13.5. The van der Waals surface area contributed by atoms with Gasteiger partial charge in [-0.1, -0.05) is 17.7 Å². The van der Waals surface area contributed by atoms with Crippen molar-refractivity contribution in [1.82, 2.24) is 4.90 Å². The smallest absolute Gasteiger partial charge is 0.255 e. The molecule has 1 aromatic rings. The lowest BCUT2D eigenvalue weighted by molar-refractivity contribution is 0.0785. The molecule has 4 nitrogen and oxygen atoms in total. The van der Waals surface area contributed by atoms with Crippen molar-refractivity contribution < 1.29 is 4.79 Å². The van der Waals surface area contributed by atoms with Crippen molar-refractivity contribution >= 4 is 23.2 Å². The number of hydrogen-bond donors (Lipinski definition) is 1. The molecule has 1 amide bonds. The number of nitriles is 1. The molecule has 0 bridgehead atoms. The highest BCUT2D eigenvalue weighted by molar-refractivity contribution is 6.36. The first kappa shape index (κ1) is 13.3. The van der Waals surface area contributed by atoms with E-state index < -0.39 is 0 Å². The van der Waals surface area contributed by atoms with E-state index in [2.05, 4.69) is 6.07 Å². The van der Waals surface area contributed by atoms with Crippen LogP contribution in [0.5, 0.6) is 0 Å². The van der Waals surface area contributed by atoms with Crippen LogP contribution in [0.15, 0.2) is 18.2 Å². The van der Waals surface area contributed by atoms with E-state index in [0.717, 1.165) is 0 Å². The molecule has 0 aromatic heterocycles. The topological polar surface area (TPSA) is 70.1 Å². The van der Waals surface area contributed by atoms with Crippen LogP contribution in [0.2, 0.25) is 5.02 Å². The summed E-state index contributed by atoms with van der Waals surface area (Å²) in [5.41, 5.74) is 6.37. The second-order valence-corrected chi connectivity index (χ2v) is 4.30. The van der Waals surface area contributed by atoms with Gasteiger partial charge in [-0.3, -0.25) is 4.79 Å². The lowest BCUT2D eigenvalue weighted by Gasteiger charge is -2.19. The van der Waals surface area contributed by atoms with Gasteiger partial charge in [0.15, 0.2) is 0 Å². The van der Waals surface area contributed by atoms with E-state index in [4.69, 9.17) is 22.6 Å². The Bertz CT molecular complexity index is 467. The van der Waals surface area contributed by atoms with Crippen molar-refractivity contribution in [2.45, 2.75) is 6.92 Å². The summed E-state index contributed by atoms with van der Waals surface area (Å²) in [5.74, 6) is -0.451. The molecule has 0 aliphatic carbocycles. The van der Waals surface area contributed by atoms with Gasteiger partial charge in [0.1, 0.15) is 0 Å². The van der Waals surface area contributed by atoms with Gasteiger partial charge < -0.3 is 10.6 Å². The first-order chi connectivity index (χ1) is 7.97. The largest absolute Gasteiger partial charge is 0.398 e. The van der Waals surface area contributed by atoms with Crippen molar-refractivity contribution in [1.29, 1.82) is 5.26 Å². The number of nitrogens with zero attached hydrogens (tertiary/aromatic N) is 2. The Morgan fingerprint density at radius 3 is 2.88 bits per heavy atom. The first-order valence-electron chi connectivity index (χ1n) is 5.16. The lowest BCUT2D eigenvalue weighted by Crippen LogP contribution is -2.30. The van der Waals surface area contributed by atoms with E-state index in [9.17, 15) is 4.79 Å². The molecule has 5 heteroatoms. The Morgan fingerprint density at radius 1 is 1.65 bits per heavy atom. The molecule has 90 valence electrons. The molecule has 0 fully saturated rings. The van der Waals surface area contributed by atoms with Gasteiger partial charge in [-0.2, -0.15) is 5.26 Å². The van der Waals surface area contributed by atoms with Crippen LogP contribution in [0.4, 0.5) is 5.69 Å². The summed E-state index contributed by atoms with van der Waals surface area (Å²) in [6.45, 7) is 2.12. The standard InChI is InChI=1S/C12H14ClN3O/c1-8(6-14)7-16(2)12(17)9-4-3-5-10(15)11(9)13/h3-5,8H,7,15H2,1-2H3. The summed E-state index contributed by atoms with van der Waals surface area (Å²) >= 11 is 5.97. The third kappa shape index (κ3) is 3.11. The molecule has 1 aromatic carbocycles. The van der Waals surface area contributed by atoms with Crippen molar-refractivity contribution in [3.63, 3.8) is 0 Å². The normalized spacial score (nSPS) is 11.6. The maximum absolute atomic E-state index is 12.0. The molecule has 0 heterocycles. The second kappa shape index (κ2) is 5.55. The molecule has 0 radical (unpaired) electrons. The van der Waals surface area contributed by atoms with Crippen LogP contribution >= 0.6 is 11.6 Å². The SMILES string of the molecule is CC(C#N)CN(C)C(=O)c1cccc(N)c1Cl. The number of carbonyl (C=O) groups excluding carboxylic acids is 1. The van der Waals surface area contributed by atoms with Crippen molar-refractivity contribution in [2.24, 2.45) is 5.92 Å². The third-order valence-corrected chi connectivity index (χ3v) is 2.80. The third-order valence-electron chi connectivity index (χ3n) is 2.37. The van der Waals surface area contributed by atoms with Crippen LogP contribution in [0.3, 0.4) is 0 Å².